The minimum atomic E-state index is -1.07. The van der Waals surface area contributed by atoms with Gasteiger partial charge < -0.3 is 24.7 Å². The van der Waals surface area contributed by atoms with Crippen LogP contribution < -0.4 is 10.1 Å². The number of imidazole rings is 1. The van der Waals surface area contributed by atoms with Gasteiger partial charge in [0.25, 0.3) is 0 Å². The molecule has 0 radical (unpaired) electrons. The second kappa shape index (κ2) is 6.35. The van der Waals surface area contributed by atoms with E-state index in [1.54, 1.807) is 6.92 Å². The van der Waals surface area contributed by atoms with Gasteiger partial charge in [0, 0.05) is 10.7 Å². The van der Waals surface area contributed by atoms with E-state index < -0.39 is 22.6 Å². The fraction of sp³-hybridized carbons (Fsp3) is 0.267. The zero-order chi connectivity index (χ0) is 18.9. The molecule has 11 heteroatoms. The van der Waals surface area contributed by atoms with Crippen molar-refractivity contribution in [2.45, 2.75) is 19.1 Å². The highest BCUT2D eigenvalue weighted by Gasteiger charge is 2.41. The van der Waals surface area contributed by atoms with Gasteiger partial charge in [-0.25, -0.2) is 9.59 Å². The van der Waals surface area contributed by atoms with Gasteiger partial charge >= 0.3 is 23.9 Å². The van der Waals surface area contributed by atoms with Gasteiger partial charge in [-0.15, -0.1) is 0 Å². The number of carbonyl (C=O) groups excluding carboxylic acids is 1. The molecule has 1 aliphatic rings. The number of benzene rings is 1. The molecule has 1 amide bonds. The molecule has 2 heterocycles. The monoisotopic (exact) mass is 362 g/mol. The molecule has 2 N–H and O–H groups in total. The number of carbonyl (C=O) groups is 2. The van der Waals surface area contributed by atoms with Crippen molar-refractivity contribution in [3.63, 3.8) is 0 Å². The summed E-state index contributed by atoms with van der Waals surface area (Å²) >= 11 is 0. The standard InChI is InChI=1S/C15H14N4O7/c1-15(7-18-6-11(19(23)24)17-13(18)26-15)8-25-14(22)16-10-4-2-9(3-5-10)12(20)21/h2-6H,7-8H2,1H3,(H,16,22)(H,20,21). The molecule has 0 saturated carbocycles. The van der Waals surface area contributed by atoms with Crippen LogP contribution >= 0.6 is 0 Å². The second-order valence-corrected chi connectivity index (χ2v) is 5.90. The summed E-state index contributed by atoms with van der Waals surface area (Å²) in [5, 5.41) is 22.0. The lowest BCUT2D eigenvalue weighted by atomic mass is 10.1. The third kappa shape index (κ3) is 3.55. The Morgan fingerprint density at radius 3 is 2.73 bits per heavy atom. The molecule has 3 rings (SSSR count). The summed E-state index contributed by atoms with van der Waals surface area (Å²) in [6.45, 7) is 1.81. The average Bonchev–Trinajstić information content (AvgIpc) is 3.09. The number of nitrogens with zero attached hydrogens (tertiary/aromatic N) is 3. The molecule has 1 aromatic carbocycles. The summed E-state index contributed by atoms with van der Waals surface area (Å²) in [7, 11) is 0. The van der Waals surface area contributed by atoms with Crippen LogP contribution in [0.1, 0.15) is 17.3 Å². The Kier molecular flexibility index (Phi) is 4.20. The summed E-state index contributed by atoms with van der Waals surface area (Å²) in [6.07, 6.45) is 0.512. The van der Waals surface area contributed by atoms with Crippen LogP contribution in [0.2, 0.25) is 0 Å². The number of carboxylic acids is 1. The van der Waals surface area contributed by atoms with E-state index in [1.165, 1.54) is 35.0 Å². The van der Waals surface area contributed by atoms with Crippen molar-refractivity contribution in [2.75, 3.05) is 11.9 Å². The van der Waals surface area contributed by atoms with Crippen LogP contribution in [0.15, 0.2) is 30.5 Å². The van der Waals surface area contributed by atoms with Crippen molar-refractivity contribution in [3.05, 3.63) is 46.1 Å². The number of amides is 1. The Morgan fingerprint density at radius 1 is 1.46 bits per heavy atom. The smallest absolute Gasteiger partial charge is 0.415 e. The van der Waals surface area contributed by atoms with Gasteiger partial charge in [-0.2, -0.15) is 0 Å². The van der Waals surface area contributed by atoms with E-state index in [0.717, 1.165) is 0 Å². The molecule has 0 aliphatic carbocycles. The lowest BCUT2D eigenvalue weighted by Gasteiger charge is -2.21. The maximum absolute atomic E-state index is 11.9. The second-order valence-electron chi connectivity index (χ2n) is 5.90. The Labute approximate surface area is 146 Å². The topological polar surface area (TPSA) is 146 Å². The van der Waals surface area contributed by atoms with E-state index >= 15 is 0 Å². The van der Waals surface area contributed by atoms with Gasteiger partial charge in [0.2, 0.25) is 0 Å². The van der Waals surface area contributed by atoms with Gasteiger partial charge in [-0.3, -0.25) is 9.88 Å². The number of fused-ring (bicyclic) bond motifs is 1. The zero-order valence-corrected chi connectivity index (χ0v) is 13.5. The molecular weight excluding hydrogens is 348 g/mol. The highest BCUT2D eigenvalue weighted by molar-refractivity contribution is 5.89. The van der Waals surface area contributed by atoms with Gasteiger partial charge in [0.05, 0.1) is 12.1 Å². The number of anilines is 1. The first-order valence-electron chi connectivity index (χ1n) is 7.43. The summed E-state index contributed by atoms with van der Waals surface area (Å²) in [5.74, 6) is -1.38. The number of rotatable bonds is 5. The van der Waals surface area contributed by atoms with Crippen LogP contribution in [0.4, 0.5) is 16.3 Å². The van der Waals surface area contributed by atoms with E-state index in [-0.39, 0.29) is 30.5 Å². The van der Waals surface area contributed by atoms with Gasteiger partial charge in [-0.05, 0) is 36.1 Å². The molecule has 0 bridgehead atoms. The summed E-state index contributed by atoms with van der Waals surface area (Å²) < 4.78 is 12.1. The van der Waals surface area contributed by atoms with Crippen molar-refractivity contribution in [1.82, 2.24) is 9.55 Å². The van der Waals surface area contributed by atoms with Gasteiger partial charge in [0.15, 0.2) is 5.60 Å². The predicted octanol–water partition coefficient (Wildman–Crippen LogP) is 1.89. The lowest BCUT2D eigenvalue weighted by Crippen LogP contribution is -2.38. The van der Waals surface area contributed by atoms with E-state index in [1.807, 2.05) is 0 Å². The number of aromatic carboxylic acids is 1. The Bertz CT molecular complexity index is 851. The molecule has 1 unspecified atom stereocenters. The number of hydrogen-bond acceptors (Lipinski definition) is 7. The largest absolute Gasteiger partial charge is 0.478 e. The lowest BCUT2D eigenvalue weighted by molar-refractivity contribution is -0.389. The van der Waals surface area contributed by atoms with Crippen molar-refractivity contribution < 1.29 is 29.1 Å². The fourth-order valence-electron chi connectivity index (χ4n) is 2.42. The summed E-state index contributed by atoms with van der Waals surface area (Å²) in [5.41, 5.74) is -0.428. The maximum atomic E-state index is 11.9. The van der Waals surface area contributed by atoms with Crippen molar-refractivity contribution >= 4 is 23.6 Å². The first-order valence-corrected chi connectivity index (χ1v) is 7.43. The molecule has 0 fully saturated rings. The molecule has 11 nitrogen and oxygen atoms in total. The quantitative estimate of drug-likeness (QED) is 0.605. The molecule has 1 atom stereocenters. The molecule has 0 spiro atoms. The minimum absolute atomic E-state index is 0.0902. The number of carboxylic acid groups (broad SMARTS) is 1. The van der Waals surface area contributed by atoms with E-state index in [4.69, 9.17) is 14.6 Å². The van der Waals surface area contributed by atoms with Crippen LogP contribution in [0.5, 0.6) is 6.01 Å². The summed E-state index contributed by atoms with van der Waals surface area (Å²) in [4.78, 5) is 36.4. The fourth-order valence-corrected chi connectivity index (χ4v) is 2.42. The Hall–Kier alpha value is -3.63. The zero-order valence-electron chi connectivity index (χ0n) is 13.5. The highest BCUT2D eigenvalue weighted by Crippen LogP contribution is 2.31. The Balaban J connectivity index is 1.53. The number of aromatic nitrogens is 2. The number of nitro groups is 1. The molecule has 2 aromatic rings. The van der Waals surface area contributed by atoms with Crippen LogP contribution in [-0.2, 0) is 11.3 Å². The normalized spacial score (nSPS) is 17.9. The van der Waals surface area contributed by atoms with Gasteiger partial charge in [0.1, 0.15) is 12.8 Å². The predicted molar refractivity (Wildman–Crippen MR) is 86.3 cm³/mol. The SMILES string of the molecule is CC1(COC(=O)Nc2ccc(C(=O)O)cc2)Cn2cc([N+](=O)[O-])nc2O1. The number of hydrogen-bond donors (Lipinski definition) is 2. The highest BCUT2D eigenvalue weighted by atomic mass is 16.6. The molecule has 1 aliphatic heterocycles. The van der Waals surface area contributed by atoms with Crippen LogP contribution in [-0.4, -0.2) is 43.9 Å². The van der Waals surface area contributed by atoms with Crippen LogP contribution in [0.3, 0.4) is 0 Å². The van der Waals surface area contributed by atoms with Crippen LogP contribution in [0.25, 0.3) is 0 Å². The van der Waals surface area contributed by atoms with Crippen molar-refractivity contribution in [1.29, 1.82) is 0 Å². The minimum Gasteiger partial charge on any atom is -0.478 e. The Morgan fingerprint density at radius 2 is 2.15 bits per heavy atom. The average molecular weight is 362 g/mol. The van der Waals surface area contributed by atoms with Crippen molar-refractivity contribution in [3.8, 4) is 6.01 Å². The maximum Gasteiger partial charge on any atom is 0.415 e. The number of nitrogens with one attached hydrogen (secondary N) is 1. The first kappa shape index (κ1) is 17.2. The van der Waals surface area contributed by atoms with E-state index in [0.29, 0.717) is 5.69 Å². The number of ether oxygens (including phenoxy) is 2. The molecule has 1 aromatic heterocycles. The van der Waals surface area contributed by atoms with Crippen molar-refractivity contribution in [2.24, 2.45) is 0 Å². The van der Waals surface area contributed by atoms with Crippen LogP contribution in [0, 0.1) is 10.1 Å². The van der Waals surface area contributed by atoms with Gasteiger partial charge in [-0.1, -0.05) is 0 Å². The molecule has 0 saturated heterocycles. The first-order chi connectivity index (χ1) is 12.3. The molecular formula is C15H14N4O7. The third-order valence-electron chi connectivity index (χ3n) is 3.64. The molecule has 26 heavy (non-hydrogen) atoms. The van der Waals surface area contributed by atoms with E-state index in [9.17, 15) is 19.7 Å². The van der Waals surface area contributed by atoms with E-state index in [2.05, 4.69) is 10.3 Å². The summed E-state index contributed by atoms with van der Waals surface area (Å²) in [6, 6.07) is 5.67. The molecule has 136 valence electrons. The third-order valence-corrected chi connectivity index (χ3v) is 3.64.